The molecule has 7 nitrogen and oxygen atoms in total. The average molecular weight is 271 g/mol. The lowest BCUT2D eigenvalue weighted by Gasteiger charge is -2.34. The topological polar surface area (TPSA) is 84.1 Å². The Kier molecular flexibility index (Phi) is 5.84. The Labute approximate surface area is 114 Å². The van der Waals surface area contributed by atoms with Gasteiger partial charge in [0.15, 0.2) is 0 Å². The van der Waals surface area contributed by atoms with E-state index in [1.165, 1.54) is 19.4 Å². The molecule has 110 valence electrons. The summed E-state index contributed by atoms with van der Waals surface area (Å²) in [4.78, 5) is 6.93. The summed E-state index contributed by atoms with van der Waals surface area (Å²) in [6, 6.07) is 0.632. The number of hydrazine groups is 1. The summed E-state index contributed by atoms with van der Waals surface area (Å²) < 4.78 is 10.8. The number of nitrogens with zero attached hydrogens (tertiary/aromatic N) is 2. The van der Waals surface area contributed by atoms with Crippen LogP contribution >= 0.6 is 0 Å². The third kappa shape index (κ3) is 4.31. The van der Waals surface area contributed by atoms with E-state index >= 15 is 0 Å². The molecule has 2 saturated heterocycles. The van der Waals surface area contributed by atoms with E-state index in [9.17, 15) is 0 Å². The molecule has 0 saturated carbocycles. The molecule has 19 heavy (non-hydrogen) atoms. The largest absolute Gasteiger partial charge is 0.383 e. The first-order chi connectivity index (χ1) is 9.33. The second-order valence-electron chi connectivity index (χ2n) is 5.00. The van der Waals surface area contributed by atoms with Crippen LogP contribution in [0.3, 0.4) is 0 Å². The van der Waals surface area contributed by atoms with E-state index in [4.69, 9.17) is 15.3 Å². The van der Waals surface area contributed by atoms with Gasteiger partial charge in [0.2, 0.25) is 5.96 Å². The lowest BCUT2D eigenvalue weighted by Crippen LogP contribution is -2.48. The first kappa shape index (κ1) is 14.5. The molecule has 0 aromatic heterocycles. The molecule has 0 aromatic rings. The third-order valence-electron chi connectivity index (χ3n) is 3.65. The van der Waals surface area contributed by atoms with Gasteiger partial charge in [0.05, 0.1) is 25.9 Å². The van der Waals surface area contributed by atoms with Crippen LogP contribution in [0.15, 0.2) is 4.99 Å². The van der Waals surface area contributed by atoms with Crippen LogP contribution in [-0.2, 0) is 9.47 Å². The van der Waals surface area contributed by atoms with Crippen molar-refractivity contribution in [2.45, 2.75) is 25.0 Å². The highest BCUT2D eigenvalue weighted by atomic mass is 16.5. The molecule has 2 unspecified atom stereocenters. The van der Waals surface area contributed by atoms with E-state index in [1.807, 2.05) is 0 Å². The van der Waals surface area contributed by atoms with Crippen molar-refractivity contribution in [2.75, 3.05) is 46.5 Å². The lowest BCUT2D eigenvalue weighted by molar-refractivity contribution is -0.0432. The fourth-order valence-corrected chi connectivity index (χ4v) is 2.61. The molecular formula is C12H25N5O2. The number of rotatable bonds is 5. The zero-order valence-corrected chi connectivity index (χ0v) is 11.6. The van der Waals surface area contributed by atoms with Gasteiger partial charge in [0.25, 0.3) is 0 Å². The summed E-state index contributed by atoms with van der Waals surface area (Å²) in [5.74, 6) is 6.01. The molecule has 2 heterocycles. The molecular weight excluding hydrogens is 246 g/mol. The van der Waals surface area contributed by atoms with Crippen molar-refractivity contribution in [3.63, 3.8) is 0 Å². The SMILES string of the molecule is COCCNC(=NCC1CN2CCCC2CO1)NN. The molecule has 0 amide bonds. The fourth-order valence-electron chi connectivity index (χ4n) is 2.61. The standard InChI is InChI=1S/C12H25N5O2/c1-18-6-4-14-12(16-13)15-7-11-8-17-5-2-3-10(17)9-19-11/h10-11H,2-9,13H2,1H3,(H2,14,15,16). The second kappa shape index (κ2) is 7.64. The van der Waals surface area contributed by atoms with Gasteiger partial charge in [-0.3, -0.25) is 10.3 Å². The van der Waals surface area contributed by atoms with Gasteiger partial charge in [-0.25, -0.2) is 10.8 Å². The predicted octanol–water partition coefficient (Wildman–Crippen LogP) is -1.10. The minimum Gasteiger partial charge on any atom is -0.383 e. The first-order valence-electron chi connectivity index (χ1n) is 6.93. The second-order valence-corrected chi connectivity index (χ2v) is 5.00. The summed E-state index contributed by atoms with van der Waals surface area (Å²) in [6.45, 7) is 4.94. The number of aliphatic imine (C=N–C) groups is 1. The monoisotopic (exact) mass is 271 g/mol. The van der Waals surface area contributed by atoms with Gasteiger partial charge in [-0.05, 0) is 19.4 Å². The van der Waals surface area contributed by atoms with Crippen molar-refractivity contribution in [2.24, 2.45) is 10.8 Å². The van der Waals surface area contributed by atoms with Crippen molar-refractivity contribution in [3.8, 4) is 0 Å². The van der Waals surface area contributed by atoms with Gasteiger partial charge >= 0.3 is 0 Å². The number of guanidine groups is 1. The summed E-state index contributed by atoms with van der Waals surface area (Å²) in [5, 5.41) is 3.08. The summed E-state index contributed by atoms with van der Waals surface area (Å²) in [5.41, 5.74) is 2.56. The van der Waals surface area contributed by atoms with Crippen molar-refractivity contribution in [1.29, 1.82) is 0 Å². The van der Waals surface area contributed by atoms with Gasteiger partial charge < -0.3 is 14.8 Å². The van der Waals surface area contributed by atoms with Crippen LogP contribution in [0.2, 0.25) is 0 Å². The fraction of sp³-hybridized carbons (Fsp3) is 0.917. The molecule has 2 aliphatic heterocycles. The molecule has 4 N–H and O–H groups in total. The van der Waals surface area contributed by atoms with E-state index in [-0.39, 0.29) is 6.10 Å². The quantitative estimate of drug-likeness (QED) is 0.194. The highest BCUT2D eigenvalue weighted by molar-refractivity contribution is 5.79. The first-order valence-corrected chi connectivity index (χ1v) is 6.93. The highest BCUT2D eigenvalue weighted by Gasteiger charge is 2.31. The third-order valence-corrected chi connectivity index (χ3v) is 3.65. The van der Waals surface area contributed by atoms with Crippen LogP contribution < -0.4 is 16.6 Å². The van der Waals surface area contributed by atoms with Gasteiger partial charge in [-0.15, -0.1) is 0 Å². The van der Waals surface area contributed by atoms with Crippen LogP contribution in [0.25, 0.3) is 0 Å². The van der Waals surface area contributed by atoms with Gasteiger partial charge in [-0.1, -0.05) is 0 Å². The zero-order valence-electron chi connectivity index (χ0n) is 11.6. The van der Waals surface area contributed by atoms with Crippen LogP contribution in [0.1, 0.15) is 12.8 Å². The smallest absolute Gasteiger partial charge is 0.205 e. The van der Waals surface area contributed by atoms with Crippen LogP contribution in [-0.4, -0.2) is 69.5 Å². The molecule has 0 aliphatic carbocycles. The lowest BCUT2D eigenvalue weighted by atomic mass is 10.2. The maximum atomic E-state index is 5.84. The van der Waals surface area contributed by atoms with E-state index < -0.39 is 0 Å². The van der Waals surface area contributed by atoms with Crippen LogP contribution in [0.4, 0.5) is 0 Å². The molecule has 2 aliphatic rings. The molecule has 7 heteroatoms. The molecule has 2 atom stereocenters. The number of fused-ring (bicyclic) bond motifs is 1. The number of methoxy groups -OCH3 is 1. The molecule has 0 aromatic carbocycles. The molecule has 2 fully saturated rings. The number of ether oxygens (including phenoxy) is 2. The summed E-state index contributed by atoms with van der Waals surface area (Å²) in [6.07, 6.45) is 2.73. The van der Waals surface area contributed by atoms with E-state index in [0.717, 1.165) is 13.2 Å². The van der Waals surface area contributed by atoms with Crippen molar-refractivity contribution < 1.29 is 9.47 Å². The van der Waals surface area contributed by atoms with Crippen molar-refractivity contribution in [1.82, 2.24) is 15.6 Å². The Hall–Kier alpha value is -0.890. The van der Waals surface area contributed by atoms with E-state index in [1.54, 1.807) is 7.11 Å². The molecule has 0 spiro atoms. The Bertz CT molecular complexity index is 300. The van der Waals surface area contributed by atoms with Gasteiger partial charge in [0.1, 0.15) is 0 Å². The predicted molar refractivity (Wildman–Crippen MR) is 73.8 cm³/mol. The normalized spacial score (nSPS) is 28.2. The maximum Gasteiger partial charge on any atom is 0.205 e. The van der Waals surface area contributed by atoms with Gasteiger partial charge in [0, 0.05) is 26.2 Å². The number of morpholine rings is 1. The molecule has 2 rings (SSSR count). The summed E-state index contributed by atoms with van der Waals surface area (Å²) >= 11 is 0. The minimum absolute atomic E-state index is 0.168. The van der Waals surface area contributed by atoms with Gasteiger partial charge in [-0.2, -0.15) is 0 Å². The Morgan fingerprint density at radius 3 is 3.26 bits per heavy atom. The Morgan fingerprint density at radius 1 is 1.58 bits per heavy atom. The van der Waals surface area contributed by atoms with Crippen LogP contribution in [0, 0.1) is 0 Å². The molecule has 0 bridgehead atoms. The average Bonchev–Trinajstić information content (AvgIpc) is 2.90. The number of nitrogens with one attached hydrogen (secondary N) is 2. The number of hydrogen-bond donors (Lipinski definition) is 3. The van der Waals surface area contributed by atoms with Crippen molar-refractivity contribution in [3.05, 3.63) is 0 Å². The Balaban J connectivity index is 1.73. The molecule has 0 radical (unpaired) electrons. The van der Waals surface area contributed by atoms with Crippen molar-refractivity contribution >= 4 is 5.96 Å². The van der Waals surface area contributed by atoms with Crippen LogP contribution in [0.5, 0.6) is 0 Å². The highest BCUT2D eigenvalue weighted by Crippen LogP contribution is 2.22. The maximum absolute atomic E-state index is 5.84. The number of hydrogen-bond acceptors (Lipinski definition) is 5. The number of nitrogens with two attached hydrogens (primary N) is 1. The minimum atomic E-state index is 0.168. The Morgan fingerprint density at radius 2 is 2.47 bits per heavy atom. The summed E-state index contributed by atoms with van der Waals surface area (Å²) in [7, 11) is 1.66. The zero-order chi connectivity index (χ0) is 13.5. The van der Waals surface area contributed by atoms with E-state index in [0.29, 0.717) is 31.7 Å². The van der Waals surface area contributed by atoms with E-state index in [2.05, 4.69) is 20.6 Å².